The summed E-state index contributed by atoms with van der Waals surface area (Å²) in [6.45, 7) is 10.5. The van der Waals surface area contributed by atoms with E-state index in [2.05, 4.69) is 33.0 Å². The van der Waals surface area contributed by atoms with Crippen molar-refractivity contribution in [2.45, 2.75) is 65.0 Å². The Kier molecular flexibility index (Phi) is 5.07. The molecule has 1 N–H and O–H groups in total. The maximum absolute atomic E-state index is 5.69. The lowest BCUT2D eigenvalue weighted by molar-refractivity contribution is -0.00254. The van der Waals surface area contributed by atoms with Gasteiger partial charge in [-0.1, -0.05) is 19.8 Å². The van der Waals surface area contributed by atoms with E-state index in [0.717, 1.165) is 25.1 Å². The molecule has 1 fully saturated rings. The van der Waals surface area contributed by atoms with E-state index in [1.165, 1.54) is 25.7 Å². The third-order valence-electron chi connectivity index (χ3n) is 3.16. The van der Waals surface area contributed by atoms with Gasteiger partial charge in [0.25, 0.3) is 0 Å². The third kappa shape index (κ3) is 5.53. The van der Waals surface area contributed by atoms with Gasteiger partial charge in [-0.25, -0.2) is 0 Å². The molecule has 1 saturated carbocycles. The van der Waals surface area contributed by atoms with Crippen LogP contribution in [-0.4, -0.2) is 24.8 Å². The molecule has 0 aliphatic heterocycles. The highest BCUT2D eigenvalue weighted by Crippen LogP contribution is 2.23. The fourth-order valence-corrected chi connectivity index (χ4v) is 2.22. The van der Waals surface area contributed by atoms with E-state index in [1.807, 2.05) is 0 Å². The van der Waals surface area contributed by atoms with Crippen molar-refractivity contribution in [2.75, 3.05) is 13.2 Å². The zero-order valence-electron chi connectivity index (χ0n) is 10.8. The monoisotopic (exact) mass is 213 g/mol. The lowest BCUT2D eigenvalue weighted by Crippen LogP contribution is -2.39. The van der Waals surface area contributed by atoms with Crippen LogP contribution in [0.5, 0.6) is 0 Å². The Hall–Kier alpha value is -0.0800. The second kappa shape index (κ2) is 5.86. The second-order valence-electron chi connectivity index (χ2n) is 5.78. The standard InChI is InChI=1S/C13H27NO/c1-11-7-5-6-8-12(11)14-9-10-15-13(2,3)4/h11-12,14H,5-10H2,1-4H3. The van der Waals surface area contributed by atoms with E-state index in [9.17, 15) is 0 Å². The van der Waals surface area contributed by atoms with E-state index in [1.54, 1.807) is 0 Å². The van der Waals surface area contributed by atoms with E-state index < -0.39 is 0 Å². The molecule has 0 heterocycles. The Balaban J connectivity index is 2.08. The summed E-state index contributed by atoms with van der Waals surface area (Å²) in [7, 11) is 0. The highest BCUT2D eigenvalue weighted by Gasteiger charge is 2.20. The summed E-state index contributed by atoms with van der Waals surface area (Å²) in [4.78, 5) is 0. The smallest absolute Gasteiger partial charge is 0.0599 e. The normalized spacial score (nSPS) is 28.0. The van der Waals surface area contributed by atoms with E-state index in [-0.39, 0.29) is 5.60 Å². The van der Waals surface area contributed by atoms with Gasteiger partial charge in [0.05, 0.1) is 12.2 Å². The molecular weight excluding hydrogens is 186 g/mol. The van der Waals surface area contributed by atoms with Gasteiger partial charge < -0.3 is 10.1 Å². The minimum atomic E-state index is -0.000138. The molecule has 0 amide bonds. The SMILES string of the molecule is CC1CCCCC1NCCOC(C)(C)C. The Labute approximate surface area is 94.8 Å². The second-order valence-corrected chi connectivity index (χ2v) is 5.78. The minimum absolute atomic E-state index is 0.000138. The lowest BCUT2D eigenvalue weighted by Gasteiger charge is -2.30. The molecule has 0 saturated heterocycles. The van der Waals surface area contributed by atoms with Crippen molar-refractivity contribution in [2.24, 2.45) is 5.92 Å². The van der Waals surface area contributed by atoms with Gasteiger partial charge >= 0.3 is 0 Å². The van der Waals surface area contributed by atoms with Crippen LogP contribution in [0.15, 0.2) is 0 Å². The van der Waals surface area contributed by atoms with Crippen molar-refractivity contribution in [1.29, 1.82) is 0 Å². The molecular formula is C13H27NO. The highest BCUT2D eigenvalue weighted by molar-refractivity contribution is 4.77. The van der Waals surface area contributed by atoms with E-state index in [4.69, 9.17) is 4.74 Å². The summed E-state index contributed by atoms with van der Waals surface area (Å²) >= 11 is 0. The van der Waals surface area contributed by atoms with Crippen LogP contribution in [0, 0.1) is 5.92 Å². The number of hydrogen-bond acceptors (Lipinski definition) is 2. The molecule has 90 valence electrons. The molecule has 0 spiro atoms. The van der Waals surface area contributed by atoms with Crippen LogP contribution in [0.25, 0.3) is 0 Å². The molecule has 0 aromatic rings. The maximum Gasteiger partial charge on any atom is 0.0599 e. The Morgan fingerprint density at radius 3 is 2.47 bits per heavy atom. The van der Waals surface area contributed by atoms with Crippen molar-refractivity contribution in [1.82, 2.24) is 5.32 Å². The quantitative estimate of drug-likeness (QED) is 0.725. The van der Waals surface area contributed by atoms with Gasteiger partial charge in [0, 0.05) is 12.6 Å². The molecule has 1 aliphatic rings. The first kappa shape index (κ1) is 13.0. The largest absolute Gasteiger partial charge is 0.375 e. The van der Waals surface area contributed by atoms with Crippen molar-refractivity contribution in [3.05, 3.63) is 0 Å². The van der Waals surface area contributed by atoms with Crippen LogP contribution in [-0.2, 0) is 4.74 Å². The summed E-state index contributed by atoms with van der Waals surface area (Å²) in [6.07, 6.45) is 5.54. The van der Waals surface area contributed by atoms with Crippen molar-refractivity contribution in [3.8, 4) is 0 Å². The summed E-state index contributed by atoms with van der Waals surface area (Å²) in [5.74, 6) is 0.841. The van der Waals surface area contributed by atoms with Gasteiger partial charge in [-0.15, -0.1) is 0 Å². The summed E-state index contributed by atoms with van der Waals surface area (Å²) in [5.41, 5.74) is -0.000138. The zero-order chi connectivity index (χ0) is 11.3. The summed E-state index contributed by atoms with van der Waals surface area (Å²) < 4.78 is 5.69. The molecule has 0 aromatic carbocycles. The predicted molar refractivity (Wildman–Crippen MR) is 65.1 cm³/mol. The van der Waals surface area contributed by atoms with Crippen LogP contribution in [0.3, 0.4) is 0 Å². The molecule has 0 radical (unpaired) electrons. The average Bonchev–Trinajstić information content (AvgIpc) is 2.13. The zero-order valence-corrected chi connectivity index (χ0v) is 10.8. The number of nitrogens with one attached hydrogen (secondary N) is 1. The molecule has 2 heteroatoms. The van der Waals surface area contributed by atoms with Gasteiger partial charge in [0.15, 0.2) is 0 Å². The van der Waals surface area contributed by atoms with Crippen molar-refractivity contribution >= 4 is 0 Å². The van der Waals surface area contributed by atoms with Crippen LogP contribution < -0.4 is 5.32 Å². The first-order valence-corrected chi connectivity index (χ1v) is 6.36. The van der Waals surface area contributed by atoms with Crippen molar-refractivity contribution < 1.29 is 4.74 Å². The van der Waals surface area contributed by atoms with Crippen LogP contribution in [0.1, 0.15) is 53.4 Å². The van der Waals surface area contributed by atoms with Gasteiger partial charge in [0.2, 0.25) is 0 Å². The maximum atomic E-state index is 5.69. The van der Waals surface area contributed by atoms with Crippen LogP contribution in [0.2, 0.25) is 0 Å². The van der Waals surface area contributed by atoms with Crippen LogP contribution >= 0.6 is 0 Å². The average molecular weight is 213 g/mol. The highest BCUT2D eigenvalue weighted by atomic mass is 16.5. The molecule has 1 aliphatic carbocycles. The Bertz CT molecular complexity index is 174. The summed E-state index contributed by atoms with van der Waals surface area (Å²) in [5, 5.41) is 3.62. The Morgan fingerprint density at radius 2 is 1.87 bits per heavy atom. The van der Waals surface area contributed by atoms with E-state index in [0.29, 0.717) is 0 Å². The third-order valence-corrected chi connectivity index (χ3v) is 3.16. The number of rotatable bonds is 4. The molecule has 0 bridgehead atoms. The van der Waals surface area contributed by atoms with E-state index >= 15 is 0 Å². The van der Waals surface area contributed by atoms with Crippen molar-refractivity contribution in [3.63, 3.8) is 0 Å². The molecule has 0 aromatic heterocycles. The fourth-order valence-electron chi connectivity index (χ4n) is 2.22. The lowest BCUT2D eigenvalue weighted by atomic mass is 9.86. The summed E-state index contributed by atoms with van der Waals surface area (Å²) in [6, 6.07) is 0.724. The number of hydrogen-bond donors (Lipinski definition) is 1. The molecule has 2 unspecified atom stereocenters. The fraction of sp³-hybridized carbons (Fsp3) is 1.00. The number of ether oxygens (including phenoxy) is 1. The van der Waals surface area contributed by atoms with Gasteiger partial charge in [-0.3, -0.25) is 0 Å². The van der Waals surface area contributed by atoms with Gasteiger partial charge in [-0.05, 0) is 39.5 Å². The Morgan fingerprint density at radius 1 is 1.20 bits per heavy atom. The molecule has 15 heavy (non-hydrogen) atoms. The molecule has 2 atom stereocenters. The van der Waals surface area contributed by atoms with Gasteiger partial charge in [-0.2, -0.15) is 0 Å². The molecule has 2 nitrogen and oxygen atoms in total. The minimum Gasteiger partial charge on any atom is -0.375 e. The first-order chi connectivity index (χ1) is 6.99. The predicted octanol–water partition coefficient (Wildman–Crippen LogP) is 2.97. The first-order valence-electron chi connectivity index (χ1n) is 6.36. The molecule has 1 rings (SSSR count). The van der Waals surface area contributed by atoms with Gasteiger partial charge in [0.1, 0.15) is 0 Å². The van der Waals surface area contributed by atoms with Crippen LogP contribution in [0.4, 0.5) is 0 Å². The topological polar surface area (TPSA) is 21.3 Å².